The molecule has 0 unspecified atom stereocenters. The summed E-state index contributed by atoms with van der Waals surface area (Å²) >= 11 is 11.7. The summed E-state index contributed by atoms with van der Waals surface area (Å²) in [6.45, 7) is 1.78. The monoisotopic (exact) mass is 256 g/mol. The highest BCUT2D eigenvalue weighted by Gasteiger charge is 2.08. The Morgan fingerprint density at radius 3 is 2.56 bits per heavy atom. The maximum Gasteiger partial charge on any atom is 0.223 e. The van der Waals surface area contributed by atoms with Crippen LogP contribution in [0.15, 0.2) is 24.3 Å². The summed E-state index contributed by atoms with van der Waals surface area (Å²) in [5.41, 5.74) is 1.73. The van der Waals surface area contributed by atoms with Gasteiger partial charge in [0.1, 0.15) is 5.82 Å². The summed E-state index contributed by atoms with van der Waals surface area (Å²) in [7, 11) is 0. The summed E-state index contributed by atoms with van der Waals surface area (Å²) < 4.78 is 13.1. The molecule has 1 aromatic heterocycles. The first-order chi connectivity index (χ1) is 7.56. The quantitative estimate of drug-likeness (QED) is 0.724. The SMILES string of the molecule is Cc1cc(-c2cc(F)ccc2Cl)nc(Cl)n1. The fourth-order valence-electron chi connectivity index (χ4n) is 1.36. The zero-order valence-electron chi connectivity index (χ0n) is 8.34. The number of hydrogen-bond acceptors (Lipinski definition) is 2. The number of nitrogens with zero attached hydrogens (tertiary/aromatic N) is 2. The van der Waals surface area contributed by atoms with Gasteiger partial charge in [-0.1, -0.05) is 11.6 Å². The van der Waals surface area contributed by atoms with Crippen molar-refractivity contribution < 1.29 is 4.39 Å². The van der Waals surface area contributed by atoms with Crippen LogP contribution in [0, 0.1) is 12.7 Å². The average Bonchev–Trinajstić information content (AvgIpc) is 2.20. The second-order valence-electron chi connectivity index (χ2n) is 3.29. The number of rotatable bonds is 1. The summed E-state index contributed by atoms with van der Waals surface area (Å²) in [5.74, 6) is -0.369. The lowest BCUT2D eigenvalue weighted by molar-refractivity contribution is 0.628. The van der Waals surface area contributed by atoms with Crippen LogP contribution in [0.3, 0.4) is 0 Å². The standard InChI is InChI=1S/C11H7Cl2FN2/c1-6-4-10(16-11(13)15-6)8-5-7(14)2-3-9(8)12/h2-5H,1H3. The number of aryl methyl sites for hydroxylation is 1. The average molecular weight is 257 g/mol. The summed E-state index contributed by atoms with van der Waals surface area (Å²) in [5, 5.41) is 0.547. The molecule has 5 heteroatoms. The van der Waals surface area contributed by atoms with E-state index < -0.39 is 0 Å². The molecular formula is C11H7Cl2FN2. The predicted octanol–water partition coefficient (Wildman–Crippen LogP) is 3.90. The lowest BCUT2D eigenvalue weighted by Gasteiger charge is -2.05. The van der Waals surface area contributed by atoms with E-state index in [-0.39, 0.29) is 11.1 Å². The van der Waals surface area contributed by atoms with Gasteiger partial charge in [0.15, 0.2) is 0 Å². The van der Waals surface area contributed by atoms with Crippen molar-refractivity contribution in [3.8, 4) is 11.3 Å². The third kappa shape index (κ3) is 2.31. The van der Waals surface area contributed by atoms with E-state index in [9.17, 15) is 4.39 Å². The minimum absolute atomic E-state index is 0.121. The zero-order valence-corrected chi connectivity index (χ0v) is 9.85. The van der Waals surface area contributed by atoms with Crippen molar-refractivity contribution >= 4 is 23.2 Å². The zero-order chi connectivity index (χ0) is 11.7. The Balaban J connectivity index is 2.62. The number of halogens is 3. The van der Waals surface area contributed by atoms with Crippen LogP contribution in [0.5, 0.6) is 0 Å². The molecule has 0 saturated heterocycles. The van der Waals surface area contributed by atoms with Crippen LogP contribution in [0.25, 0.3) is 11.3 Å². The van der Waals surface area contributed by atoms with E-state index in [2.05, 4.69) is 9.97 Å². The molecule has 0 amide bonds. The van der Waals surface area contributed by atoms with Gasteiger partial charge in [-0.15, -0.1) is 0 Å². The molecule has 0 radical (unpaired) electrons. The van der Waals surface area contributed by atoms with Crippen LogP contribution in [-0.2, 0) is 0 Å². The molecule has 0 fully saturated rings. The van der Waals surface area contributed by atoms with Gasteiger partial charge in [-0.2, -0.15) is 0 Å². The van der Waals surface area contributed by atoms with Gasteiger partial charge in [-0.25, -0.2) is 14.4 Å². The van der Waals surface area contributed by atoms with Gasteiger partial charge < -0.3 is 0 Å². The van der Waals surface area contributed by atoms with Crippen molar-refractivity contribution in [1.29, 1.82) is 0 Å². The third-order valence-electron chi connectivity index (χ3n) is 2.03. The molecule has 0 saturated carbocycles. The van der Waals surface area contributed by atoms with Gasteiger partial charge >= 0.3 is 0 Å². The maximum absolute atomic E-state index is 13.1. The summed E-state index contributed by atoms with van der Waals surface area (Å²) in [4.78, 5) is 7.94. The van der Waals surface area contributed by atoms with Gasteiger partial charge in [0.05, 0.1) is 10.7 Å². The normalized spacial score (nSPS) is 10.5. The molecule has 82 valence electrons. The van der Waals surface area contributed by atoms with Crippen molar-refractivity contribution in [2.75, 3.05) is 0 Å². The number of hydrogen-bond donors (Lipinski definition) is 0. The Kier molecular flexibility index (Phi) is 3.08. The molecule has 2 rings (SSSR count). The van der Waals surface area contributed by atoms with Crippen molar-refractivity contribution in [2.24, 2.45) is 0 Å². The van der Waals surface area contributed by atoms with Crippen LogP contribution in [0.4, 0.5) is 4.39 Å². The van der Waals surface area contributed by atoms with Crippen molar-refractivity contribution in [1.82, 2.24) is 9.97 Å². The molecule has 1 heterocycles. The fourth-order valence-corrected chi connectivity index (χ4v) is 1.80. The molecule has 0 aliphatic heterocycles. The van der Waals surface area contributed by atoms with E-state index in [1.54, 1.807) is 13.0 Å². The number of aromatic nitrogens is 2. The highest BCUT2D eigenvalue weighted by molar-refractivity contribution is 6.33. The van der Waals surface area contributed by atoms with Crippen molar-refractivity contribution in [3.63, 3.8) is 0 Å². The fraction of sp³-hybridized carbons (Fsp3) is 0.0909. The lowest BCUT2D eigenvalue weighted by Crippen LogP contribution is -1.92. The lowest BCUT2D eigenvalue weighted by atomic mass is 10.1. The molecule has 0 atom stereocenters. The largest absolute Gasteiger partial charge is 0.223 e. The van der Waals surface area contributed by atoms with Crippen LogP contribution in [0.2, 0.25) is 10.3 Å². The van der Waals surface area contributed by atoms with Crippen LogP contribution >= 0.6 is 23.2 Å². The Morgan fingerprint density at radius 2 is 1.88 bits per heavy atom. The first-order valence-corrected chi connectivity index (χ1v) is 5.28. The highest BCUT2D eigenvalue weighted by atomic mass is 35.5. The molecule has 1 aromatic carbocycles. The van der Waals surface area contributed by atoms with Gasteiger partial charge in [0.25, 0.3) is 0 Å². The topological polar surface area (TPSA) is 25.8 Å². The Morgan fingerprint density at radius 1 is 1.12 bits per heavy atom. The molecule has 0 aliphatic rings. The minimum atomic E-state index is -0.369. The van der Waals surface area contributed by atoms with E-state index in [1.165, 1.54) is 18.2 Å². The smallest absolute Gasteiger partial charge is 0.223 e. The van der Waals surface area contributed by atoms with Crippen molar-refractivity contribution in [2.45, 2.75) is 6.92 Å². The van der Waals surface area contributed by atoms with E-state index >= 15 is 0 Å². The Labute approximate surface area is 102 Å². The van der Waals surface area contributed by atoms with Crippen LogP contribution < -0.4 is 0 Å². The molecule has 0 spiro atoms. The summed E-state index contributed by atoms with van der Waals surface area (Å²) in [6, 6.07) is 5.80. The van der Waals surface area contributed by atoms with E-state index in [0.29, 0.717) is 22.0 Å². The molecule has 0 aliphatic carbocycles. The van der Waals surface area contributed by atoms with E-state index in [1.807, 2.05) is 0 Å². The Hall–Kier alpha value is -1.19. The molecule has 16 heavy (non-hydrogen) atoms. The molecule has 0 bridgehead atoms. The first kappa shape index (κ1) is 11.3. The predicted molar refractivity (Wildman–Crippen MR) is 62.2 cm³/mol. The summed E-state index contributed by atoms with van der Waals surface area (Å²) in [6.07, 6.45) is 0. The van der Waals surface area contributed by atoms with Crippen LogP contribution in [0.1, 0.15) is 5.69 Å². The molecular weight excluding hydrogens is 250 g/mol. The van der Waals surface area contributed by atoms with Crippen molar-refractivity contribution in [3.05, 3.63) is 46.1 Å². The van der Waals surface area contributed by atoms with Crippen LogP contribution in [-0.4, -0.2) is 9.97 Å². The van der Waals surface area contributed by atoms with Gasteiger partial charge in [0.2, 0.25) is 5.28 Å². The second kappa shape index (κ2) is 4.36. The maximum atomic E-state index is 13.1. The molecule has 2 aromatic rings. The van der Waals surface area contributed by atoms with Gasteiger partial charge in [-0.05, 0) is 42.8 Å². The highest BCUT2D eigenvalue weighted by Crippen LogP contribution is 2.28. The minimum Gasteiger partial charge on any atom is -0.223 e. The third-order valence-corrected chi connectivity index (χ3v) is 2.53. The number of benzene rings is 1. The first-order valence-electron chi connectivity index (χ1n) is 4.53. The Bertz CT molecular complexity index is 523. The van der Waals surface area contributed by atoms with E-state index in [4.69, 9.17) is 23.2 Å². The van der Waals surface area contributed by atoms with Gasteiger partial charge in [0, 0.05) is 11.3 Å². The van der Waals surface area contributed by atoms with E-state index in [0.717, 1.165) is 0 Å². The second-order valence-corrected chi connectivity index (χ2v) is 4.03. The molecule has 0 N–H and O–H groups in total. The van der Waals surface area contributed by atoms with Gasteiger partial charge in [-0.3, -0.25) is 0 Å². The molecule has 2 nitrogen and oxygen atoms in total.